The van der Waals surface area contributed by atoms with E-state index in [2.05, 4.69) is 20.2 Å². The Hall–Kier alpha value is -1.22. The van der Waals surface area contributed by atoms with Gasteiger partial charge in [0.2, 0.25) is 5.95 Å². The van der Waals surface area contributed by atoms with Gasteiger partial charge in [0, 0.05) is 37.5 Å². The van der Waals surface area contributed by atoms with Crippen LogP contribution in [-0.2, 0) is 9.31 Å². The number of piperidine rings is 1. The highest BCUT2D eigenvalue weighted by Gasteiger charge is 2.52. The zero-order chi connectivity index (χ0) is 18.8. The van der Waals surface area contributed by atoms with Gasteiger partial charge in [0.05, 0.1) is 17.8 Å². The number of nitrogens with zero attached hydrogens (tertiary/aromatic N) is 3. The van der Waals surface area contributed by atoms with Gasteiger partial charge in [-0.15, -0.1) is 0 Å². The van der Waals surface area contributed by atoms with E-state index in [0.717, 1.165) is 37.5 Å². The Balaban J connectivity index is 1.61. The average Bonchev–Trinajstić information content (AvgIpc) is 2.83. The standard InChI is InChI=1S/C18H31BN4O3/c1-17(2)18(3,4)26-19(25-17)15-11-21-16(22-12-15)23-8-5-6-14(13-23)10-20-7-9-24/h11-12,14,20,24H,5-10,13H2,1-4H3/t14-/m0/s1. The fraction of sp³-hybridized carbons (Fsp3) is 0.778. The van der Waals surface area contributed by atoms with Gasteiger partial charge in [0.25, 0.3) is 0 Å². The topological polar surface area (TPSA) is 79.7 Å². The monoisotopic (exact) mass is 362 g/mol. The minimum absolute atomic E-state index is 0.180. The van der Waals surface area contributed by atoms with Crippen LogP contribution in [0.5, 0.6) is 0 Å². The molecule has 1 aromatic heterocycles. The predicted octanol–water partition coefficient (Wildman–Crippen LogP) is 0.574. The number of aliphatic hydroxyl groups is 1. The van der Waals surface area contributed by atoms with Crippen LogP contribution in [-0.4, -0.2) is 66.2 Å². The Labute approximate surface area is 156 Å². The molecule has 2 aliphatic heterocycles. The van der Waals surface area contributed by atoms with E-state index in [1.807, 2.05) is 40.1 Å². The number of nitrogens with one attached hydrogen (secondary N) is 1. The molecule has 3 rings (SSSR count). The lowest BCUT2D eigenvalue weighted by molar-refractivity contribution is 0.00578. The Morgan fingerprint density at radius 2 is 1.88 bits per heavy atom. The number of hydrogen-bond donors (Lipinski definition) is 2. The van der Waals surface area contributed by atoms with Crippen LogP contribution in [0.4, 0.5) is 5.95 Å². The molecule has 0 amide bonds. The molecular weight excluding hydrogens is 331 g/mol. The Bertz CT molecular complexity index is 581. The molecule has 7 nitrogen and oxygen atoms in total. The van der Waals surface area contributed by atoms with E-state index < -0.39 is 7.12 Å². The minimum atomic E-state index is -0.425. The van der Waals surface area contributed by atoms with Gasteiger partial charge in [-0.3, -0.25) is 0 Å². The lowest BCUT2D eigenvalue weighted by atomic mass is 9.81. The van der Waals surface area contributed by atoms with Gasteiger partial charge < -0.3 is 24.6 Å². The molecule has 2 N–H and O–H groups in total. The lowest BCUT2D eigenvalue weighted by Gasteiger charge is -2.32. The van der Waals surface area contributed by atoms with Crippen molar-refractivity contribution in [2.75, 3.05) is 37.7 Å². The molecule has 0 bridgehead atoms. The summed E-state index contributed by atoms with van der Waals surface area (Å²) in [5.41, 5.74) is 0.126. The molecule has 144 valence electrons. The van der Waals surface area contributed by atoms with Crippen LogP contribution >= 0.6 is 0 Å². The van der Waals surface area contributed by atoms with E-state index in [1.165, 1.54) is 6.42 Å². The van der Waals surface area contributed by atoms with E-state index in [4.69, 9.17) is 14.4 Å². The van der Waals surface area contributed by atoms with Crippen molar-refractivity contribution >= 4 is 18.5 Å². The summed E-state index contributed by atoms with van der Waals surface area (Å²) in [6, 6.07) is 0. The van der Waals surface area contributed by atoms with Gasteiger partial charge in [-0.25, -0.2) is 9.97 Å². The average molecular weight is 362 g/mol. The first-order valence-corrected chi connectivity index (χ1v) is 9.56. The van der Waals surface area contributed by atoms with Crippen molar-refractivity contribution in [3.63, 3.8) is 0 Å². The highest BCUT2D eigenvalue weighted by atomic mass is 16.7. The third-order valence-electron chi connectivity index (χ3n) is 5.71. The fourth-order valence-corrected chi connectivity index (χ4v) is 3.39. The first-order chi connectivity index (χ1) is 12.3. The molecule has 3 heterocycles. The molecule has 0 aliphatic carbocycles. The molecule has 0 saturated carbocycles. The lowest BCUT2D eigenvalue weighted by Crippen LogP contribution is -2.41. The Kier molecular flexibility index (Phi) is 5.86. The molecule has 0 unspecified atom stereocenters. The zero-order valence-electron chi connectivity index (χ0n) is 16.4. The fourth-order valence-electron chi connectivity index (χ4n) is 3.39. The predicted molar refractivity (Wildman–Crippen MR) is 103 cm³/mol. The maximum absolute atomic E-state index is 8.89. The normalized spacial score (nSPS) is 24.9. The first kappa shape index (κ1) is 19.5. The molecule has 2 aliphatic rings. The minimum Gasteiger partial charge on any atom is -0.399 e. The van der Waals surface area contributed by atoms with Crippen LogP contribution in [0.15, 0.2) is 12.4 Å². The zero-order valence-corrected chi connectivity index (χ0v) is 16.4. The highest BCUT2D eigenvalue weighted by molar-refractivity contribution is 6.61. The maximum atomic E-state index is 8.89. The summed E-state index contributed by atoms with van der Waals surface area (Å²) in [5.74, 6) is 1.32. The Morgan fingerprint density at radius 1 is 1.23 bits per heavy atom. The molecule has 26 heavy (non-hydrogen) atoms. The molecule has 0 aromatic carbocycles. The Morgan fingerprint density at radius 3 is 2.50 bits per heavy atom. The second kappa shape index (κ2) is 7.80. The largest absolute Gasteiger partial charge is 0.498 e. The molecule has 2 fully saturated rings. The molecular formula is C18H31BN4O3. The number of rotatable bonds is 6. The number of hydrogen-bond acceptors (Lipinski definition) is 7. The summed E-state index contributed by atoms with van der Waals surface area (Å²) in [6.07, 6.45) is 5.96. The van der Waals surface area contributed by atoms with E-state index in [1.54, 1.807) is 0 Å². The van der Waals surface area contributed by atoms with E-state index in [0.29, 0.717) is 12.5 Å². The van der Waals surface area contributed by atoms with Gasteiger partial charge >= 0.3 is 7.12 Å². The molecule has 2 saturated heterocycles. The van der Waals surface area contributed by atoms with Crippen molar-refractivity contribution in [2.45, 2.75) is 51.7 Å². The van der Waals surface area contributed by atoms with Gasteiger partial charge in [-0.05, 0) is 53.0 Å². The van der Waals surface area contributed by atoms with Gasteiger partial charge in [0.1, 0.15) is 0 Å². The second-order valence-electron chi connectivity index (χ2n) is 8.29. The summed E-state index contributed by atoms with van der Waals surface area (Å²) in [4.78, 5) is 11.4. The molecule has 1 atom stereocenters. The van der Waals surface area contributed by atoms with Crippen LogP contribution in [0.2, 0.25) is 0 Å². The summed E-state index contributed by atoms with van der Waals surface area (Å²) < 4.78 is 12.1. The van der Waals surface area contributed by atoms with Crippen molar-refractivity contribution in [1.29, 1.82) is 0 Å². The third-order valence-corrected chi connectivity index (χ3v) is 5.71. The van der Waals surface area contributed by atoms with Crippen LogP contribution in [0, 0.1) is 5.92 Å². The molecule has 8 heteroatoms. The molecule has 0 spiro atoms. The van der Waals surface area contributed by atoms with Crippen molar-refractivity contribution in [3.05, 3.63) is 12.4 Å². The molecule has 1 aromatic rings. The summed E-state index contributed by atoms with van der Waals surface area (Å²) in [6.45, 7) is 11.8. The van der Waals surface area contributed by atoms with Gasteiger partial charge in [-0.2, -0.15) is 0 Å². The van der Waals surface area contributed by atoms with Crippen molar-refractivity contribution < 1.29 is 14.4 Å². The van der Waals surface area contributed by atoms with Crippen molar-refractivity contribution in [3.8, 4) is 0 Å². The van der Waals surface area contributed by atoms with E-state index in [-0.39, 0.29) is 17.8 Å². The van der Waals surface area contributed by atoms with Crippen LogP contribution in [0.3, 0.4) is 0 Å². The second-order valence-corrected chi connectivity index (χ2v) is 8.29. The van der Waals surface area contributed by atoms with E-state index in [9.17, 15) is 0 Å². The number of anilines is 1. The smallest absolute Gasteiger partial charge is 0.399 e. The summed E-state index contributed by atoms with van der Waals surface area (Å²) in [5, 5.41) is 12.2. The van der Waals surface area contributed by atoms with Crippen LogP contribution in [0.1, 0.15) is 40.5 Å². The third kappa shape index (κ3) is 4.19. The van der Waals surface area contributed by atoms with Gasteiger partial charge in [-0.1, -0.05) is 0 Å². The number of aromatic nitrogens is 2. The van der Waals surface area contributed by atoms with E-state index >= 15 is 0 Å². The van der Waals surface area contributed by atoms with Crippen molar-refractivity contribution in [2.24, 2.45) is 5.92 Å². The quantitative estimate of drug-likeness (QED) is 0.566. The van der Waals surface area contributed by atoms with Crippen molar-refractivity contribution in [1.82, 2.24) is 15.3 Å². The SMILES string of the molecule is CC1(C)OB(c2cnc(N3CCC[C@@H](CNCCO)C3)nc2)OC1(C)C. The number of aliphatic hydroxyl groups excluding tert-OH is 1. The van der Waals surface area contributed by atoms with Gasteiger partial charge in [0.15, 0.2) is 0 Å². The summed E-state index contributed by atoms with van der Waals surface area (Å²) in [7, 11) is -0.425. The molecule has 0 radical (unpaired) electrons. The maximum Gasteiger partial charge on any atom is 0.498 e. The summed E-state index contributed by atoms with van der Waals surface area (Å²) >= 11 is 0. The van der Waals surface area contributed by atoms with Crippen LogP contribution in [0.25, 0.3) is 0 Å². The highest BCUT2D eigenvalue weighted by Crippen LogP contribution is 2.36. The van der Waals surface area contributed by atoms with Crippen LogP contribution < -0.4 is 15.7 Å². The first-order valence-electron chi connectivity index (χ1n) is 9.56.